The molecule has 16 heavy (non-hydrogen) atoms. The van der Waals surface area contributed by atoms with Crippen molar-refractivity contribution < 1.29 is 14.6 Å². The van der Waals surface area contributed by atoms with Crippen molar-refractivity contribution in [2.45, 2.75) is 18.9 Å². The van der Waals surface area contributed by atoms with Gasteiger partial charge in [0.25, 0.3) is 5.91 Å². The maximum atomic E-state index is 12.0. The Morgan fingerprint density at radius 2 is 2.12 bits per heavy atom. The van der Waals surface area contributed by atoms with Crippen LogP contribution in [0.2, 0.25) is 0 Å². The number of carbonyl (C=O) groups excluding carboxylic acids is 1. The number of carbonyl (C=O) groups is 1. The van der Waals surface area contributed by atoms with E-state index in [-0.39, 0.29) is 17.8 Å². The zero-order valence-corrected chi connectivity index (χ0v) is 9.22. The first-order chi connectivity index (χ1) is 7.68. The number of phenolic OH excluding ortho intramolecular Hbond substituents is 1. The van der Waals surface area contributed by atoms with Gasteiger partial charge in [0.05, 0.1) is 0 Å². The van der Waals surface area contributed by atoms with E-state index in [4.69, 9.17) is 9.84 Å². The first-order valence-corrected chi connectivity index (χ1v) is 5.36. The van der Waals surface area contributed by atoms with Gasteiger partial charge in [-0.15, -0.1) is 0 Å². The summed E-state index contributed by atoms with van der Waals surface area (Å²) in [6.07, 6.45) is 1.43. The number of rotatable bonds is 2. The Morgan fingerprint density at radius 1 is 1.44 bits per heavy atom. The summed E-state index contributed by atoms with van der Waals surface area (Å²) in [5, 5.41) is 9.16. The van der Waals surface area contributed by atoms with Gasteiger partial charge in [0.15, 0.2) is 0 Å². The van der Waals surface area contributed by atoms with E-state index in [1.165, 1.54) is 0 Å². The number of anilines is 1. The molecule has 1 N–H and O–H groups in total. The van der Waals surface area contributed by atoms with E-state index < -0.39 is 0 Å². The Kier molecular flexibility index (Phi) is 3.10. The van der Waals surface area contributed by atoms with Crippen molar-refractivity contribution in [3.8, 4) is 5.75 Å². The van der Waals surface area contributed by atoms with Gasteiger partial charge in [-0.05, 0) is 37.1 Å². The fourth-order valence-electron chi connectivity index (χ4n) is 1.79. The largest absolute Gasteiger partial charge is 0.508 e. The van der Waals surface area contributed by atoms with Crippen LogP contribution in [0.5, 0.6) is 5.75 Å². The lowest BCUT2D eigenvalue weighted by atomic mass is 10.2. The molecular formula is C12H15NO3. The van der Waals surface area contributed by atoms with Crippen LogP contribution in [0.4, 0.5) is 5.69 Å². The average molecular weight is 221 g/mol. The quantitative estimate of drug-likeness (QED) is 0.824. The Balaban J connectivity index is 2.08. The fourth-order valence-corrected chi connectivity index (χ4v) is 1.79. The Morgan fingerprint density at radius 3 is 2.69 bits per heavy atom. The van der Waals surface area contributed by atoms with Crippen LogP contribution >= 0.6 is 0 Å². The van der Waals surface area contributed by atoms with Gasteiger partial charge in [-0.3, -0.25) is 4.79 Å². The Labute approximate surface area is 94.4 Å². The van der Waals surface area contributed by atoms with Crippen molar-refractivity contribution in [3.63, 3.8) is 0 Å². The number of benzene rings is 1. The van der Waals surface area contributed by atoms with E-state index >= 15 is 0 Å². The summed E-state index contributed by atoms with van der Waals surface area (Å²) in [5.74, 6) is 0.171. The lowest BCUT2D eigenvalue weighted by molar-refractivity contribution is -0.127. The zero-order chi connectivity index (χ0) is 11.5. The molecule has 1 aliphatic heterocycles. The molecule has 1 saturated heterocycles. The smallest absolute Gasteiger partial charge is 0.255 e. The van der Waals surface area contributed by atoms with E-state index in [1.807, 2.05) is 0 Å². The molecule has 1 fully saturated rings. The van der Waals surface area contributed by atoms with Crippen LogP contribution in [0.25, 0.3) is 0 Å². The molecule has 4 nitrogen and oxygen atoms in total. The van der Waals surface area contributed by atoms with Gasteiger partial charge in [-0.25, -0.2) is 0 Å². The molecule has 1 heterocycles. The Bertz CT molecular complexity index is 368. The summed E-state index contributed by atoms with van der Waals surface area (Å²) in [6, 6.07) is 6.55. The normalized spacial score (nSPS) is 19.7. The van der Waals surface area contributed by atoms with Crippen LogP contribution < -0.4 is 4.90 Å². The van der Waals surface area contributed by atoms with Crippen LogP contribution in [0.15, 0.2) is 24.3 Å². The van der Waals surface area contributed by atoms with Crippen molar-refractivity contribution >= 4 is 11.6 Å². The molecule has 0 bridgehead atoms. The summed E-state index contributed by atoms with van der Waals surface area (Å²) in [5.41, 5.74) is 0.762. The van der Waals surface area contributed by atoms with Crippen molar-refractivity contribution in [2.75, 3.05) is 18.6 Å². The van der Waals surface area contributed by atoms with Crippen LogP contribution in [0, 0.1) is 0 Å². The number of ether oxygens (including phenoxy) is 1. The van der Waals surface area contributed by atoms with E-state index in [0.717, 1.165) is 18.5 Å². The summed E-state index contributed by atoms with van der Waals surface area (Å²) >= 11 is 0. The van der Waals surface area contributed by atoms with Gasteiger partial charge in [-0.2, -0.15) is 0 Å². The third kappa shape index (κ3) is 2.17. The summed E-state index contributed by atoms with van der Waals surface area (Å²) in [7, 11) is 1.72. The lowest BCUT2D eigenvalue weighted by Gasteiger charge is -2.20. The highest BCUT2D eigenvalue weighted by molar-refractivity contribution is 5.96. The molecule has 0 saturated carbocycles. The van der Waals surface area contributed by atoms with Crippen LogP contribution in [0.1, 0.15) is 12.8 Å². The monoisotopic (exact) mass is 221 g/mol. The molecular weight excluding hydrogens is 206 g/mol. The second-order valence-corrected chi connectivity index (χ2v) is 3.92. The van der Waals surface area contributed by atoms with Gasteiger partial charge >= 0.3 is 0 Å². The number of hydrogen-bond acceptors (Lipinski definition) is 3. The zero-order valence-electron chi connectivity index (χ0n) is 9.22. The third-order valence-corrected chi connectivity index (χ3v) is 2.77. The van der Waals surface area contributed by atoms with Gasteiger partial charge in [0.2, 0.25) is 0 Å². The molecule has 0 aromatic heterocycles. The summed E-state index contributed by atoms with van der Waals surface area (Å²) < 4.78 is 5.34. The van der Waals surface area contributed by atoms with Gasteiger partial charge in [0.1, 0.15) is 11.9 Å². The minimum Gasteiger partial charge on any atom is -0.508 e. The number of likely N-dealkylation sites (N-methyl/N-ethyl adjacent to an activating group) is 1. The highest BCUT2D eigenvalue weighted by Crippen LogP contribution is 2.21. The number of phenols is 1. The molecule has 0 aliphatic carbocycles. The predicted octanol–water partition coefficient (Wildman–Crippen LogP) is 1.53. The van der Waals surface area contributed by atoms with Crippen LogP contribution in [0.3, 0.4) is 0 Å². The topological polar surface area (TPSA) is 49.8 Å². The number of hydrogen-bond donors (Lipinski definition) is 1. The molecule has 1 aromatic carbocycles. The molecule has 1 aliphatic rings. The van der Waals surface area contributed by atoms with Crippen molar-refractivity contribution in [2.24, 2.45) is 0 Å². The van der Waals surface area contributed by atoms with Crippen LogP contribution in [-0.4, -0.2) is 30.8 Å². The van der Waals surface area contributed by atoms with Gasteiger partial charge in [-0.1, -0.05) is 0 Å². The van der Waals surface area contributed by atoms with E-state index in [2.05, 4.69) is 0 Å². The standard InChI is InChI=1S/C12H15NO3/c1-13(9-4-6-10(14)7-5-9)12(15)11-3-2-8-16-11/h4-7,11,14H,2-3,8H2,1H3. The van der Waals surface area contributed by atoms with Crippen molar-refractivity contribution in [3.05, 3.63) is 24.3 Å². The van der Waals surface area contributed by atoms with E-state index in [9.17, 15) is 4.79 Å². The van der Waals surface area contributed by atoms with Gasteiger partial charge in [0, 0.05) is 19.3 Å². The molecule has 86 valence electrons. The molecule has 1 aromatic rings. The molecule has 1 unspecified atom stereocenters. The minimum absolute atomic E-state index is 0.0248. The molecule has 2 rings (SSSR count). The minimum atomic E-state index is -0.307. The molecule has 1 amide bonds. The first kappa shape index (κ1) is 11.0. The van der Waals surface area contributed by atoms with E-state index in [0.29, 0.717) is 6.61 Å². The molecule has 4 heteroatoms. The second-order valence-electron chi connectivity index (χ2n) is 3.92. The van der Waals surface area contributed by atoms with Crippen LogP contribution in [-0.2, 0) is 9.53 Å². The number of nitrogens with zero attached hydrogens (tertiary/aromatic N) is 1. The highest BCUT2D eigenvalue weighted by atomic mass is 16.5. The predicted molar refractivity (Wildman–Crippen MR) is 60.5 cm³/mol. The maximum absolute atomic E-state index is 12.0. The fraction of sp³-hybridized carbons (Fsp3) is 0.417. The number of amides is 1. The molecule has 0 radical (unpaired) electrons. The second kappa shape index (κ2) is 4.53. The lowest BCUT2D eigenvalue weighted by Crippen LogP contribution is -2.35. The average Bonchev–Trinajstić information content (AvgIpc) is 2.81. The van der Waals surface area contributed by atoms with E-state index in [1.54, 1.807) is 36.2 Å². The molecule has 1 atom stereocenters. The number of aromatic hydroxyl groups is 1. The third-order valence-electron chi connectivity index (χ3n) is 2.77. The van der Waals surface area contributed by atoms with Crippen molar-refractivity contribution in [1.29, 1.82) is 0 Å². The van der Waals surface area contributed by atoms with Gasteiger partial charge < -0.3 is 14.7 Å². The highest BCUT2D eigenvalue weighted by Gasteiger charge is 2.26. The first-order valence-electron chi connectivity index (χ1n) is 5.36. The van der Waals surface area contributed by atoms with Crippen molar-refractivity contribution in [1.82, 2.24) is 0 Å². The Hall–Kier alpha value is -1.55. The molecule has 0 spiro atoms. The maximum Gasteiger partial charge on any atom is 0.255 e. The SMILES string of the molecule is CN(C(=O)C1CCCO1)c1ccc(O)cc1. The summed E-state index contributed by atoms with van der Waals surface area (Å²) in [6.45, 7) is 0.666. The summed E-state index contributed by atoms with van der Waals surface area (Å²) in [4.78, 5) is 13.5.